The monoisotopic (exact) mass is 352 g/mol. The van der Waals surface area contributed by atoms with Crippen LogP contribution in [0.2, 0.25) is 0 Å². The van der Waals surface area contributed by atoms with Gasteiger partial charge in [0.1, 0.15) is 0 Å². The van der Waals surface area contributed by atoms with Gasteiger partial charge in [-0.3, -0.25) is 0 Å². The molecule has 118 valence electrons. The molecule has 1 fully saturated rings. The van der Waals surface area contributed by atoms with Crippen LogP contribution in [0.25, 0.3) is 0 Å². The molecule has 21 heavy (non-hydrogen) atoms. The Morgan fingerprint density at radius 1 is 1.33 bits per heavy atom. The minimum Gasteiger partial charge on any atom is -0.371 e. The molecule has 1 aliphatic heterocycles. The van der Waals surface area contributed by atoms with Gasteiger partial charge in [0, 0.05) is 23.6 Å². The molecule has 0 bridgehead atoms. The Kier molecular flexibility index (Phi) is 6.56. The molecule has 1 aromatic carbocycles. The Bertz CT molecular complexity index is 445. The molecule has 0 aromatic heterocycles. The quantitative estimate of drug-likeness (QED) is 0.828. The van der Waals surface area contributed by atoms with E-state index in [4.69, 9.17) is 5.73 Å². The van der Waals surface area contributed by atoms with Crippen LogP contribution in [0.15, 0.2) is 22.7 Å². The van der Waals surface area contributed by atoms with Crippen LogP contribution in [-0.2, 0) is 6.42 Å². The van der Waals surface area contributed by atoms with E-state index in [-0.39, 0.29) is 6.04 Å². The summed E-state index contributed by atoms with van der Waals surface area (Å²) in [5, 5.41) is 0. The molecule has 1 saturated heterocycles. The molecule has 3 heteroatoms. The first-order valence-electron chi connectivity index (χ1n) is 8.39. The van der Waals surface area contributed by atoms with Gasteiger partial charge in [0.05, 0.1) is 5.69 Å². The number of benzene rings is 1. The van der Waals surface area contributed by atoms with Crippen molar-refractivity contribution < 1.29 is 0 Å². The van der Waals surface area contributed by atoms with E-state index in [9.17, 15) is 0 Å². The third-order valence-electron chi connectivity index (χ3n) is 4.46. The van der Waals surface area contributed by atoms with E-state index in [1.165, 1.54) is 60.9 Å². The predicted molar refractivity (Wildman–Crippen MR) is 96.0 cm³/mol. The second-order valence-corrected chi connectivity index (χ2v) is 7.39. The maximum absolute atomic E-state index is 5.89. The third-order valence-corrected chi connectivity index (χ3v) is 5.09. The number of hydrogen-bond acceptors (Lipinski definition) is 2. The number of anilines is 1. The van der Waals surface area contributed by atoms with Gasteiger partial charge in [0.2, 0.25) is 0 Å². The summed E-state index contributed by atoms with van der Waals surface area (Å²) in [6.07, 6.45) is 7.70. The molecule has 0 radical (unpaired) electrons. The third kappa shape index (κ3) is 5.00. The molecule has 2 rings (SSSR count). The van der Waals surface area contributed by atoms with Crippen LogP contribution < -0.4 is 10.6 Å². The van der Waals surface area contributed by atoms with Crippen molar-refractivity contribution in [1.82, 2.24) is 0 Å². The van der Waals surface area contributed by atoms with E-state index in [1.54, 1.807) is 0 Å². The molecule has 0 saturated carbocycles. The summed E-state index contributed by atoms with van der Waals surface area (Å²) >= 11 is 3.76. The highest BCUT2D eigenvalue weighted by Gasteiger charge is 2.18. The molecule has 2 nitrogen and oxygen atoms in total. The topological polar surface area (TPSA) is 29.3 Å². The summed E-state index contributed by atoms with van der Waals surface area (Å²) in [6, 6.07) is 6.96. The van der Waals surface area contributed by atoms with E-state index in [0.29, 0.717) is 0 Å². The standard InChI is InChI=1S/C18H29BrN2/c1-3-5-15-6-4-10-21(11-9-15)18-8-7-16(12-14(2)20)13-17(18)19/h7-8,13-15H,3-6,9-12,20H2,1-2H3. The van der Waals surface area contributed by atoms with E-state index >= 15 is 0 Å². The van der Waals surface area contributed by atoms with Gasteiger partial charge in [-0.05, 0) is 72.2 Å². The van der Waals surface area contributed by atoms with Crippen LogP contribution in [0, 0.1) is 5.92 Å². The van der Waals surface area contributed by atoms with Crippen molar-refractivity contribution in [2.75, 3.05) is 18.0 Å². The molecule has 2 unspecified atom stereocenters. The predicted octanol–water partition coefficient (Wildman–Crippen LogP) is 4.75. The number of hydrogen-bond donors (Lipinski definition) is 1. The lowest BCUT2D eigenvalue weighted by Gasteiger charge is -2.25. The van der Waals surface area contributed by atoms with Crippen molar-refractivity contribution >= 4 is 21.6 Å². The lowest BCUT2D eigenvalue weighted by Crippen LogP contribution is -2.24. The number of nitrogens with zero attached hydrogens (tertiary/aromatic N) is 1. The van der Waals surface area contributed by atoms with Gasteiger partial charge >= 0.3 is 0 Å². The van der Waals surface area contributed by atoms with Crippen LogP contribution in [0.5, 0.6) is 0 Å². The van der Waals surface area contributed by atoms with Crippen LogP contribution >= 0.6 is 15.9 Å². The average molecular weight is 353 g/mol. The minimum absolute atomic E-state index is 0.218. The average Bonchev–Trinajstić information content (AvgIpc) is 2.64. The molecule has 1 aliphatic rings. The highest BCUT2D eigenvalue weighted by molar-refractivity contribution is 9.10. The Labute approximate surface area is 138 Å². The first-order chi connectivity index (χ1) is 10.1. The van der Waals surface area contributed by atoms with Crippen molar-refractivity contribution in [2.24, 2.45) is 11.7 Å². The van der Waals surface area contributed by atoms with Crippen molar-refractivity contribution in [3.05, 3.63) is 28.2 Å². The maximum atomic E-state index is 5.89. The smallest absolute Gasteiger partial charge is 0.0510 e. The molecular formula is C18H29BrN2. The first-order valence-corrected chi connectivity index (χ1v) is 9.18. The Morgan fingerprint density at radius 3 is 2.81 bits per heavy atom. The second-order valence-electron chi connectivity index (χ2n) is 6.54. The zero-order chi connectivity index (χ0) is 15.2. The van der Waals surface area contributed by atoms with Crippen LogP contribution in [-0.4, -0.2) is 19.1 Å². The Hall–Kier alpha value is -0.540. The molecule has 2 atom stereocenters. The van der Waals surface area contributed by atoms with E-state index in [0.717, 1.165) is 12.3 Å². The van der Waals surface area contributed by atoms with E-state index in [1.807, 2.05) is 0 Å². The van der Waals surface area contributed by atoms with Gasteiger partial charge < -0.3 is 10.6 Å². The van der Waals surface area contributed by atoms with E-state index < -0.39 is 0 Å². The fraction of sp³-hybridized carbons (Fsp3) is 0.667. The number of nitrogens with two attached hydrogens (primary N) is 1. The fourth-order valence-corrected chi connectivity index (χ4v) is 4.09. The maximum Gasteiger partial charge on any atom is 0.0510 e. The Balaban J connectivity index is 2.04. The summed E-state index contributed by atoms with van der Waals surface area (Å²) < 4.78 is 1.22. The van der Waals surface area contributed by atoms with Gasteiger partial charge in [-0.15, -0.1) is 0 Å². The molecule has 2 N–H and O–H groups in total. The molecule has 1 heterocycles. The van der Waals surface area contributed by atoms with E-state index in [2.05, 4.69) is 52.9 Å². The van der Waals surface area contributed by atoms with Crippen molar-refractivity contribution in [1.29, 1.82) is 0 Å². The summed E-state index contributed by atoms with van der Waals surface area (Å²) in [7, 11) is 0. The molecular weight excluding hydrogens is 324 g/mol. The van der Waals surface area contributed by atoms with Crippen molar-refractivity contribution in [2.45, 2.75) is 58.4 Å². The highest BCUT2D eigenvalue weighted by atomic mass is 79.9. The normalized spacial score (nSPS) is 21.1. The fourth-order valence-electron chi connectivity index (χ4n) is 3.41. The summed E-state index contributed by atoms with van der Waals surface area (Å²) in [4.78, 5) is 2.55. The SMILES string of the molecule is CCCC1CCCN(c2ccc(CC(C)N)cc2Br)CC1. The number of rotatable bonds is 5. The Morgan fingerprint density at radius 2 is 2.14 bits per heavy atom. The second kappa shape index (κ2) is 8.19. The molecule has 0 spiro atoms. The van der Waals surface area contributed by atoms with Gasteiger partial charge in [-0.1, -0.05) is 25.8 Å². The van der Waals surface area contributed by atoms with Crippen molar-refractivity contribution in [3.63, 3.8) is 0 Å². The summed E-state index contributed by atoms with van der Waals surface area (Å²) in [6.45, 7) is 6.74. The minimum atomic E-state index is 0.218. The van der Waals surface area contributed by atoms with Crippen LogP contribution in [0.4, 0.5) is 5.69 Å². The summed E-state index contributed by atoms with van der Waals surface area (Å²) in [5.41, 5.74) is 8.56. The lowest BCUT2D eigenvalue weighted by molar-refractivity contribution is 0.435. The zero-order valence-electron chi connectivity index (χ0n) is 13.4. The van der Waals surface area contributed by atoms with Crippen LogP contribution in [0.1, 0.15) is 51.5 Å². The molecule has 1 aromatic rings. The van der Waals surface area contributed by atoms with Gasteiger partial charge in [-0.25, -0.2) is 0 Å². The first kappa shape index (κ1) is 16.8. The largest absolute Gasteiger partial charge is 0.371 e. The van der Waals surface area contributed by atoms with Crippen LogP contribution in [0.3, 0.4) is 0 Å². The molecule has 0 amide bonds. The lowest BCUT2D eigenvalue weighted by atomic mass is 9.96. The van der Waals surface area contributed by atoms with Crippen molar-refractivity contribution in [3.8, 4) is 0 Å². The van der Waals surface area contributed by atoms with Gasteiger partial charge in [0.15, 0.2) is 0 Å². The van der Waals surface area contributed by atoms with Gasteiger partial charge in [-0.2, -0.15) is 0 Å². The zero-order valence-corrected chi connectivity index (χ0v) is 15.0. The summed E-state index contributed by atoms with van der Waals surface area (Å²) in [5.74, 6) is 0.927. The molecule has 0 aliphatic carbocycles. The number of halogens is 1. The highest BCUT2D eigenvalue weighted by Crippen LogP contribution is 2.31. The van der Waals surface area contributed by atoms with Gasteiger partial charge in [0.25, 0.3) is 0 Å².